The van der Waals surface area contributed by atoms with Gasteiger partial charge in [0, 0.05) is 0 Å². The Kier molecular flexibility index (Phi) is 13.8. The molecule has 1 heteroatoms. The molecule has 152 valence electrons. The van der Waals surface area contributed by atoms with Gasteiger partial charge in [0.05, 0.1) is 0 Å². The van der Waals surface area contributed by atoms with Crippen molar-refractivity contribution in [1.82, 2.24) is 0 Å². The second kappa shape index (κ2) is 14.5. The molecule has 0 spiro atoms. The van der Waals surface area contributed by atoms with Crippen molar-refractivity contribution in [2.75, 3.05) is 0 Å². The molecule has 4 aromatic carbocycles. The SMILES string of the molecule is CCCC[c-]1ccc2ccccc21.CCCC[c-]1ccc2ccccc21.[CH3-].[CH3-].[Hf+4]. The number of unbranched alkanes of at least 4 members (excludes halogenated alkanes) is 2. The second-order valence-electron chi connectivity index (χ2n) is 7.10. The summed E-state index contributed by atoms with van der Waals surface area (Å²) in [5, 5.41) is 5.65. The van der Waals surface area contributed by atoms with Crippen LogP contribution in [0.2, 0.25) is 0 Å². The molecule has 0 heterocycles. The molecule has 0 saturated heterocycles. The molecule has 0 radical (unpaired) electrons. The van der Waals surface area contributed by atoms with Gasteiger partial charge in [-0.25, -0.2) is 0 Å². The summed E-state index contributed by atoms with van der Waals surface area (Å²) >= 11 is 0. The maximum absolute atomic E-state index is 2.26. The summed E-state index contributed by atoms with van der Waals surface area (Å²) in [6, 6.07) is 26.2. The van der Waals surface area contributed by atoms with Gasteiger partial charge < -0.3 is 14.9 Å². The number of benzene rings is 2. The van der Waals surface area contributed by atoms with E-state index >= 15 is 0 Å². The van der Waals surface area contributed by atoms with E-state index in [-0.39, 0.29) is 40.7 Å². The number of fused-ring (bicyclic) bond motifs is 2. The summed E-state index contributed by atoms with van der Waals surface area (Å²) < 4.78 is 0. The Balaban J connectivity index is 0.000000490. The van der Waals surface area contributed by atoms with Crippen LogP contribution in [0.1, 0.15) is 50.7 Å². The van der Waals surface area contributed by atoms with E-state index in [0.717, 1.165) is 0 Å². The fraction of sp³-hybridized carbons (Fsp3) is 0.286. The molecule has 0 aliphatic rings. The van der Waals surface area contributed by atoms with Crippen LogP contribution in [0.3, 0.4) is 0 Å². The minimum absolute atomic E-state index is 0. The van der Waals surface area contributed by atoms with Crippen LogP contribution in [-0.2, 0) is 38.7 Å². The Morgan fingerprint density at radius 1 is 0.586 bits per heavy atom. The molecule has 0 atom stereocenters. The van der Waals surface area contributed by atoms with Crippen molar-refractivity contribution in [2.24, 2.45) is 0 Å². The molecule has 0 amide bonds. The molecular weight excluding hydrogens is 515 g/mol. The van der Waals surface area contributed by atoms with Gasteiger partial charge in [0.1, 0.15) is 0 Å². The first-order valence-corrected chi connectivity index (χ1v) is 10.1. The van der Waals surface area contributed by atoms with E-state index in [2.05, 4.69) is 86.6 Å². The van der Waals surface area contributed by atoms with E-state index in [1.165, 1.54) is 71.2 Å². The maximum atomic E-state index is 2.26. The third kappa shape index (κ3) is 7.37. The minimum Gasteiger partial charge on any atom is -0.358 e. The Labute approximate surface area is 197 Å². The van der Waals surface area contributed by atoms with Crippen LogP contribution in [0, 0.1) is 14.9 Å². The topological polar surface area (TPSA) is 0 Å². The van der Waals surface area contributed by atoms with Crippen LogP contribution in [-0.4, -0.2) is 0 Å². The van der Waals surface area contributed by atoms with Gasteiger partial charge in [-0.15, -0.1) is 81.2 Å². The zero-order valence-electron chi connectivity index (χ0n) is 18.7. The summed E-state index contributed by atoms with van der Waals surface area (Å²) in [5.41, 5.74) is 3.02. The van der Waals surface area contributed by atoms with Crippen molar-refractivity contribution >= 4 is 21.5 Å². The first-order valence-electron chi connectivity index (χ1n) is 10.1. The second-order valence-corrected chi connectivity index (χ2v) is 7.10. The van der Waals surface area contributed by atoms with Crippen LogP contribution in [0.4, 0.5) is 0 Å². The average Bonchev–Trinajstić information content (AvgIpc) is 3.29. The quantitative estimate of drug-likeness (QED) is 0.166. The zero-order chi connectivity index (χ0) is 18.2. The van der Waals surface area contributed by atoms with E-state index in [4.69, 9.17) is 0 Å². The molecular formula is C28H36Hf. The molecule has 0 nitrogen and oxygen atoms in total. The number of hydrogen-bond acceptors (Lipinski definition) is 0. The Bertz CT molecular complexity index is 847. The third-order valence-electron chi connectivity index (χ3n) is 5.14. The predicted octanol–water partition coefficient (Wildman–Crippen LogP) is 8.70. The van der Waals surface area contributed by atoms with Gasteiger partial charge >= 0.3 is 25.8 Å². The summed E-state index contributed by atoms with van der Waals surface area (Å²) in [7, 11) is 0. The summed E-state index contributed by atoms with van der Waals surface area (Å²) in [6.07, 6.45) is 7.61. The van der Waals surface area contributed by atoms with Crippen molar-refractivity contribution in [3.8, 4) is 0 Å². The van der Waals surface area contributed by atoms with E-state index in [0.29, 0.717) is 0 Å². The molecule has 4 aromatic rings. The Hall–Kier alpha value is -1.47. The summed E-state index contributed by atoms with van der Waals surface area (Å²) in [4.78, 5) is 0. The van der Waals surface area contributed by atoms with Gasteiger partial charge in [-0.3, -0.25) is 0 Å². The Morgan fingerprint density at radius 3 is 1.34 bits per heavy atom. The molecule has 0 aliphatic carbocycles. The van der Waals surface area contributed by atoms with Crippen molar-refractivity contribution in [3.05, 3.63) is 98.8 Å². The molecule has 0 saturated carbocycles. The van der Waals surface area contributed by atoms with Gasteiger partial charge in [-0.1, -0.05) is 64.5 Å². The molecule has 29 heavy (non-hydrogen) atoms. The first kappa shape index (κ1) is 27.5. The van der Waals surface area contributed by atoms with E-state index < -0.39 is 0 Å². The third-order valence-corrected chi connectivity index (χ3v) is 5.14. The maximum Gasteiger partial charge on any atom is 4.00 e. The summed E-state index contributed by atoms with van der Waals surface area (Å²) in [5.74, 6) is 0. The minimum atomic E-state index is 0. The standard InChI is InChI=1S/2C13H15.2CH3.Hf/c2*1-2-3-6-11-9-10-12-7-4-5-8-13(11)12;;;/h2*4-5,7-10H,2-3,6H2,1H3;2*1H3;/q4*-1;+4. The van der Waals surface area contributed by atoms with Crippen molar-refractivity contribution in [2.45, 2.75) is 52.4 Å². The zero-order valence-corrected chi connectivity index (χ0v) is 22.3. The van der Waals surface area contributed by atoms with Crippen molar-refractivity contribution in [1.29, 1.82) is 0 Å². The van der Waals surface area contributed by atoms with Gasteiger partial charge in [0.2, 0.25) is 0 Å². The average molecular weight is 551 g/mol. The van der Waals surface area contributed by atoms with Crippen LogP contribution in [0.25, 0.3) is 21.5 Å². The normalized spacial score (nSPS) is 9.72. The van der Waals surface area contributed by atoms with Crippen molar-refractivity contribution in [3.63, 3.8) is 0 Å². The Morgan fingerprint density at radius 2 is 0.966 bits per heavy atom. The molecule has 4 rings (SSSR count). The van der Waals surface area contributed by atoms with E-state index in [1.54, 1.807) is 0 Å². The largest absolute Gasteiger partial charge is 4.00 e. The van der Waals surface area contributed by atoms with Crippen LogP contribution in [0.15, 0.2) is 72.8 Å². The van der Waals surface area contributed by atoms with Crippen LogP contribution >= 0.6 is 0 Å². The summed E-state index contributed by atoms with van der Waals surface area (Å²) in [6.45, 7) is 4.48. The fourth-order valence-corrected chi connectivity index (χ4v) is 3.60. The van der Waals surface area contributed by atoms with Crippen LogP contribution < -0.4 is 0 Å². The first-order chi connectivity index (χ1) is 12.8. The predicted molar refractivity (Wildman–Crippen MR) is 129 cm³/mol. The van der Waals surface area contributed by atoms with E-state index in [1.807, 2.05) is 0 Å². The van der Waals surface area contributed by atoms with Crippen LogP contribution in [0.5, 0.6) is 0 Å². The van der Waals surface area contributed by atoms with Gasteiger partial charge in [-0.2, -0.15) is 12.1 Å². The molecule has 0 fully saturated rings. The van der Waals surface area contributed by atoms with Gasteiger partial charge in [0.15, 0.2) is 0 Å². The smallest absolute Gasteiger partial charge is 0.358 e. The van der Waals surface area contributed by atoms with E-state index in [9.17, 15) is 0 Å². The fourth-order valence-electron chi connectivity index (χ4n) is 3.60. The van der Waals surface area contributed by atoms with Gasteiger partial charge in [0.25, 0.3) is 0 Å². The molecule has 0 bridgehead atoms. The number of rotatable bonds is 6. The molecule has 0 aliphatic heterocycles. The number of aryl methyl sites for hydroxylation is 2. The number of hydrogen-bond donors (Lipinski definition) is 0. The van der Waals surface area contributed by atoms with Crippen molar-refractivity contribution < 1.29 is 25.8 Å². The monoisotopic (exact) mass is 552 g/mol. The molecule has 0 unspecified atom stereocenters. The molecule has 0 N–H and O–H groups in total. The molecule has 0 aromatic heterocycles. The van der Waals surface area contributed by atoms with Gasteiger partial charge in [-0.05, 0) is 0 Å².